The van der Waals surface area contributed by atoms with E-state index in [1.807, 2.05) is 55.9 Å². The molecular formula is C29H31N7O2. The highest BCUT2D eigenvalue weighted by Gasteiger charge is 2.32. The third-order valence-electron chi connectivity index (χ3n) is 7.13. The molecule has 0 saturated heterocycles. The van der Waals surface area contributed by atoms with E-state index >= 15 is 0 Å². The van der Waals surface area contributed by atoms with Gasteiger partial charge in [-0.05, 0) is 69.0 Å². The molecule has 0 spiro atoms. The average Bonchev–Trinajstić information content (AvgIpc) is 3.47. The predicted octanol–water partition coefficient (Wildman–Crippen LogP) is 5.05. The average molecular weight is 510 g/mol. The third kappa shape index (κ3) is 4.54. The van der Waals surface area contributed by atoms with Crippen molar-refractivity contribution in [2.75, 3.05) is 13.2 Å². The molecule has 0 N–H and O–H groups in total. The van der Waals surface area contributed by atoms with E-state index in [2.05, 4.69) is 32.4 Å². The van der Waals surface area contributed by atoms with E-state index in [0.29, 0.717) is 48.8 Å². The highest BCUT2D eigenvalue weighted by atomic mass is 16.5. The van der Waals surface area contributed by atoms with Crippen molar-refractivity contribution >= 4 is 11.6 Å². The summed E-state index contributed by atoms with van der Waals surface area (Å²) >= 11 is 0. The first-order valence-electron chi connectivity index (χ1n) is 12.8. The minimum atomic E-state index is -0.283. The first-order valence-corrected chi connectivity index (χ1v) is 12.8. The summed E-state index contributed by atoms with van der Waals surface area (Å²) in [5.74, 6) is 1.38. The quantitative estimate of drug-likeness (QED) is 0.326. The number of amides is 1. The molecule has 1 amide bonds. The normalized spacial score (nSPS) is 13.8. The minimum Gasteiger partial charge on any atom is -0.505 e. The fourth-order valence-electron chi connectivity index (χ4n) is 5.18. The highest BCUT2D eigenvalue weighted by molar-refractivity contribution is 5.99. The number of hydrogen-bond acceptors (Lipinski definition) is 5. The maximum atomic E-state index is 14.0. The van der Waals surface area contributed by atoms with Gasteiger partial charge >= 0.3 is 0 Å². The molecule has 0 unspecified atom stereocenters. The van der Waals surface area contributed by atoms with E-state index < -0.39 is 0 Å². The Morgan fingerprint density at radius 3 is 2.63 bits per heavy atom. The summed E-state index contributed by atoms with van der Waals surface area (Å²) in [5.41, 5.74) is 6.79. The molecule has 194 valence electrons. The predicted molar refractivity (Wildman–Crippen MR) is 144 cm³/mol. The van der Waals surface area contributed by atoms with Crippen LogP contribution in [0.4, 0.5) is 5.69 Å². The first kappa shape index (κ1) is 25.2. The van der Waals surface area contributed by atoms with Crippen molar-refractivity contribution in [3.63, 3.8) is 0 Å². The summed E-state index contributed by atoms with van der Waals surface area (Å²) in [7, 11) is 1.92. The number of carbonyl (C=O) groups excluding carboxylic acids is 1. The van der Waals surface area contributed by atoms with Crippen molar-refractivity contribution in [2.24, 2.45) is 7.05 Å². The molecule has 0 saturated carbocycles. The SMILES string of the molecule is [C-]#[N+]c1cnc([C@H](C)N2CCc3c(cc(Cn4ccnc4C)cc3-c3nn(C)cc3C)C2=O)cc1OCC. The molecule has 1 atom stereocenters. The summed E-state index contributed by atoms with van der Waals surface area (Å²) in [4.78, 5) is 28.3. The number of imidazole rings is 1. The number of aromatic nitrogens is 5. The molecular weight excluding hydrogens is 478 g/mol. The van der Waals surface area contributed by atoms with Crippen molar-refractivity contribution in [1.82, 2.24) is 29.2 Å². The number of aryl methyl sites for hydroxylation is 3. The second-order valence-corrected chi connectivity index (χ2v) is 9.65. The number of fused-ring (bicyclic) bond motifs is 1. The zero-order valence-electron chi connectivity index (χ0n) is 22.4. The summed E-state index contributed by atoms with van der Waals surface area (Å²) in [5, 5.41) is 4.74. The van der Waals surface area contributed by atoms with Gasteiger partial charge in [-0.25, -0.2) is 9.83 Å². The van der Waals surface area contributed by atoms with Gasteiger partial charge in [0.05, 0.1) is 30.6 Å². The molecule has 0 radical (unpaired) electrons. The van der Waals surface area contributed by atoms with Crippen LogP contribution in [-0.4, -0.2) is 48.3 Å². The van der Waals surface area contributed by atoms with Gasteiger partial charge in [-0.2, -0.15) is 5.10 Å². The monoisotopic (exact) mass is 509 g/mol. The Morgan fingerprint density at radius 1 is 1.18 bits per heavy atom. The van der Waals surface area contributed by atoms with Gasteiger partial charge in [0.2, 0.25) is 5.69 Å². The highest BCUT2D eigenvalue weighted by Crippen LogP contribution is 2.37. The third-order valence-corrected chi connectivity index (χ3v) is 7.13. The number of hydrogen-bond donors (Lipinski definition) is 0. The zero-order chi connectivity index (χ0) is 27.0. The lowest BCUT2D eigenvalue weighted by Gasteiger charge is -2.34. The Labute approximate surface area is 222 Å². The Bertz CT molecular complexity index is 1560. The molecule has 9 heteroatoms. The van der Waals surface area contributed by atoms with Gasteiger partial charge in [-0.15, -0.1) is 0 Å². The number of carbonyl (C=O) groups is 1. The van der Waals surface area contributed by atoms with Crippen LogP contribution in [0.5, 0.6) is 5.75 Å². The van der Waals surface area contributed by atoms with Gasteiger partial charge in [0.25, 0.3) is 5.91 Å². The molecule has 0 bridgehead atoms. The zero-order valence-corrected chi connectivity index (χ0v) is 22.4. The molecule has 5 rings (SSSR count). The number of ether oxygens (including phenoxy) is 1. The molecule has 4 aromatic rings. The van der Waals surface area contributed by atoms with Gasteiger partial charge in [0, 0.05) is 56.1 Å². The van der Waals surface area contributed by atoms with Crippen molar-refractivity contribution in [2.45, 2.75) is 46.7 Å². The maximum absolute atomic E-state index is 14.0. The smallest absolute Gasteiger partial charge is 0.254 e. The molecule has 9 nitrogen and oxygen atoms in total. The van der Waals surface area contributed by atoms with Crippen molar-refractivity contribution in [3.05, 3.63) is 88.2 Å². The van der Waals surface area contributed by atoms with Crippen LogP contribution >= 0.6 is 0 Å². The maximum Gasteiger partial charge on any atom is 0.254 e. The van der Waals surface area contributed by atoms with Crippen LogP contribution in [0.15, 0.2) is 43.0 Å². The molecule has 38 heavy (non-hydrogen) atoms. The van der Waals surface area contributed by atoms with Crippen LogP contribution in [0.3, 0.4) is 0 Å². The summed E-state index contributed by atoms with van der Waals surface area (Å²) in [6, 6.07) is 5.68. The van der Waals surface area contributed by atoms with Gasteiger partial charge in [-0.3, -0.25) is 14.5 Å². The Balaban J connectivity index is 1.56. The fraction of sp³-hybridized carbons (Fsp3) is 0.345. The lowest BCUT2D eigenvalue weighted by atomic mass is 9.88. The van der Waals surface area contributed by atoms with Crippen molar-refractivity contribution < 1.29 is 9.53 Å². The lowest BCUT2D eigenvalue weighted by molar-refractivity contribution is 0.0669. The van der Waals surface area contributed by atoms with Gasteiger partial charge < -0.3 is 14.2 Å². The van der Waals surface area contributed by atoms with Gasteiger partial charge in [-0.1, -0.05) is 0 Å². The summed E-state index contributed by atoms with van der Waals surface area (Å²) in [6.07, 6.45) is 7.97. The summed E-state index contributed by atoms with van der Waals surface area (Å²) in [6.45, 7) is 16.9. The van der Waals surface area contributed by atoms with Crippen LogP contribution in [0, 0.1) is 20.4 Å². The van der Waals surface area contributed by atoms with Gasteiger partial charge in [0.1, 0.15) is 11.6 Å². The van der Waals surface area contributed by atoms with E-state index in [-0.39, 0.29) is 11.9 Å². The summed E-state index contributed by atoms with van der Waals surface area (Å²) < 4.78 is 9.56. The molecule has 1 aliphatic rings. The molecule has 1 aromatic carbocycles. The van der Waals surface area contributed by atoms with Gasteiger partial charge in [0.15, 0.2) is 0 Å². The van der Waals surface area contributed by atoms with Crippen molar-refractivity contribution in [1.29, 1.82) is 0 Å². The molecule has 0 aliphatic carbocycles. The second-order valence-electron chi connectivity index (χ2n) is 9.65. The Kier molecular flexibility index (Phi) is 6.72. The van der Waals surface area contributed by atoms with E-state index in [1.54, 1.807) is 12.3 Å². The van der Waals surface area contributed by atoms with Crippen LogP contribution in [0.25, 0.3) is 16.1 Å². The minimum absolute atomic E-state index is 0.0354. The van der Waals surface area contributed by atoms with E-state index in [1.165, 1.54) is 6.20 Å². The number of pyridine rings is 1. The van der Waals surface area contributed by atoms with E-state index in [4.69, 9.17) is 16.4 Å². The molecule has 1 aliphatic heterocycles. The Hall–Kier alpha value is -4.45. The lowest BCUT2D eigenvalue weighted by Crippen LogP contribution is -2.40. The van der Waals surface area contributed by atoms with Crippen LogP contribution < -0.4 is 4.74 Å². The largest absolute Gasteiger partial charge is 0.505 e. The molecule has 0 fully saturated rings. The number of benzene rings is 1. The number of nitrogens with zero attached hydrogens (tertiary/aromatic N) is 7. The first-order chi connectivity index (χ1) is 18.3. The standard InChI is InChI=1S/C29H31N7O2/c1-7-38-27-14-25(32-15-26(27)30-5)19(3)36-10-8-22-23(28-18(2)16-34(6)33-28)12-21(13-24(22)29(36)37)17-35-11-9-31-20(35)4/h9,11-16,19H,7-8,10,17H2,1-4,6H3/t19-/m0/s1. The van der Waals surface area contributed by atoms with Crippen LogP contribution in [0.2, 0.25) is 0 Å². The fourth-order valence-corrected chi connectivity index (χ4v) is 5.18. The van der Waals surface area contributed by atoms with Crippen LogP contribution in [-0.2, 0) is 20.0 Å². The van der Waals surface area contributed by atoms with E-state index in [9.17, 15) is 4.79 Å². The second kappa shape index (κ2) is 10.1. The van der Waals surface area contributed by atoms with Crippen LogP contribution in [0.1, 0.15) is 58.5 Å². The number of rotatable bonds is 7. The topological polar surface area (TPSA) is 82.4 Å². The molecule has 4 heterocycles. The van der Waals surface area contributed by atoms with Crippen molar-refractivity contribution in [3.8, 4) is 17.0 Å². The molecule has 3 aromatic heterocycles. The van der Waals surface area contributed by atoms with E-state index in [0.717, 1.165) is 33.8 Å². The Morgan fingerprint density at radius 2 is 1.97 bits per heavy atom.